The van der Waals surface area contributed by atoms with E-state index < -0.39 is 15.6 Å². The number of hydrogen-bond donors (Lipinski definition) is 2. The Morgan fingerprint density at radius 3 is 2.71 bits per heavy atom. The predicted octanol–water partition coefficient (Wildman–Crippen LogP) is 3.53. The van der Waals surface area contributed by atoms with Crippen LogP contribution in [0.15, 0.2) is 23.6 Å². The normalized spacial score (nSPS) is 21.3. The molecule has 3 atom stereocenters. The van der Waals surface area contributed by atoms with Crippen molar-refractivity contribution in [2.24, 2.45) is 5.92 Å². The third-order valence-electron chi connectivity index (χ3n) is 5.56. The summed E-state index contributed by atoms with van der Waals surface area (Å²) in [5.74, 6) is -0.731. The molecule has 184 valence electrons. The molecule has 0 bridgehead atoms. The van der Waals surface area contributed by atoms with Crippen molar-refractivity contribution >= 4 is 49.0 Å². The van der Waals surface area contributed by atoms with Gasteiger partial charge < -0.3 is 15.2 Å². The number of thioether (sulfide) groups is 1. The zero-order chi connectivity index (χ0) is 24.7. The second kappa shape index (κ2) is 9.65. The molecule has 0 aromatic carbocycles. The van der Waals surface area contributed by atoms with Gasteiger partial charge in [-0.25, -0.2) is 23.4 Å². The third-order valence-corrected chi connectivity index (χ3v) is 8.24. The number of fused-ring (bicyclic) bond motifs is 1. The maximum atomic E-state index is 12.0. The van der Waals surface area contributed by atoms with E-state index in [0.29, 0.717) is 23.8 Å². The number of nitrogens with zero attached hydrogens (tertiary/aromatic N) is 4. The Bertz CT molecular complexity index is 1260. The summed E-state index contributed by atoms with van der Waals surface area (Å²) in [5, 5.41) is 15.2. The Morgan fingerprint density at radius 1 is 1.29 bits per heavy atom. The predicted molar refractivity (Wildman–Crippen MR) is 136 cm³/mol. The van der Waals surface area contributed by atoms with Crippen LogP contribution < -0.4 is 5.32 Å². The quantitative estimate of drug-likeness (QED) is 0.257. The molecule has 0 saturated heterocycles. The van der Waals surface area contributed by atoms with E-state index in [2.05, 4.69) is 15.3 Å². The maximum Gasteiger partial charge on any atom is 0.189 e. The van der Waals surface area contributed by atoms with Crippen molar-refractivity contribution in [3.05, 3.63) is 24.2 Å². The van der Waals surface area contributed by atoms with Gasteiger partial charge in [-0.15, -0.1) is 11.3 Å². The summed E-state index contributed by atoms with van der Waals surface area (Å²) in [6.07, 6.45) is 7.35. The van der Waals surface area contributed by atoms with E-state index >= 15 is 0 Å². The monoisotopic (exact) mass is 523 g/mol. The second-order valence-corrected chi connectivity index (χ2v) is 13.2. The lowest BCUT2D eigenvalue weighted by atomic mass is 10.1. The Balaban J connectivity index is 1.72. The highest BCUT2D eigenvalue weighted by atomic mass is 32.2. The number of hydrogen-bond acceptors (Lipinski definition) is 11. The van der Waals surface area contributed by atoms with Crippen LogP contribution in [0.5, 0.6) is 0 Å². The molecular formula is C22H29N5O4S3. The minimum Gasteiger partial charge on any atom is -0.366 e. The third kappa shape index (κ3) is 6.03. The van der Waals surface area contributed by atoms with Gasteiger partial charge in [0.2, 0.25) is 0 Å². The maximum absolute atomic E-state index is 12.0. The molecule has 0 unspecified atom stereocenters. The van der Waals surface area contributed by atoms with E-state index in [9.17, 15) is 13.5 Å². The first-order valence-electron chi connectivity index (χ1n) is 10.9. The van der Waals surface area contributed by atoms with Crippen molar-refractivity contribution < 1.29 is 18.3 Å². The fourth-order valence-corrected chi connectivity index (χ4v) is 6.95. The Kier molecular flexibility index (Phi) is 7.16. The lowest BCUT2D eigenvalue weighted by Crippen LogP contribution is -2.38. The average molecular weight is 524 g/mol. The number of aryl methyl sites for hydroxylation is 1. The molecule has 12 heteroatoms. The number of anilines is 1. The minimum absolute atomic E-state index is 0.0769. The average Bonchev–Trinajstić information content (AvgIpc) is 3.28. The van der Waals surface area contributed by atoms with Crippen molar-refractivity contribution in [2.75, 3.05) is 23.6 Å². The smallest absolute Gasteiger partial charge is 0.189 e. The van der Waals surface area contributed by atoms with Crippen molar-refractivity contribution in [1.29, 1.82) is 0 Å². The lowest BCUT2D eigenvalue weighted by molar-refractivity contribution is -0.205. The Labute approximate surface area is 207 Å². The molecule has 9 nitrogen and oxygen atoms in total. The summed E-state index contributed by atoms with van der Waals surface area (Å²) in [6.45, 7) is 5.09. The van der Waals surface area contributed by atoms with Crippen molar-refractivity contribution in [3.63, 3.8) is 0 Å². The number of rotatable bonds is 8. The standard InChI is InChI=1S/C22H29N5O4S3/c1-12-18(20-26-15-10-23-7-6-17(15)33-20)19(27-21(24-12)32-4)25-14-8-13(11-34(5,29)30)9-16(14)31-22(2,3)28/h6-7,10,13-14,16,28H,8-9,11H2,1-5H3,(H,24,25,27)/t13-,14+,16+/m0/s1. The molecule has 4 rings (SSSR count). The number of aromatic nitrogens is 4. The lowest BCUT2D eigenvalue weighted by Gasteiger charge is -2.29. The van der Waals surface area contributed by atoms with Crippen LogP contribution in [0.4, 0.5) is 5.82 Å². The summed E-state index contributed by atoms with van der Waals surface area (Å²) in [4.78, 5) is 18.3. The van der Waals surface area contributed by atoms with E-state index in [1.54, 1.807) is 37.6 Å². The van der Waals surface area contributed by atoms with Gasteiger partial charge in [0.05, 0.1) is 40.1 Å². The molecule has 3 aromatic heterocycles. The van der Waals surface area contributed by atoms with E-state index in [1.165, 1.54) is 18.0 Å². The van der Waals surface area contributed by atoms with Gasteiger partial charge in [0.1, 0.15) is 26.2 Å². The minimum atomic E-state index is -3.14. The van der Waals surface area contributed by atoms with Crippen LogP contribution in [-0.2, 0) is 14.6 Å². The van der Waals surface area contributed by atoms with Crippen LogP contribution >= 0.6 is 23.1 Å². The van der Waals surface area contributed by atoms with Gasteiger partial charge in [0, 0.05) is 12.5 Å². The van der Waals surface area contributed by atoms with Gasteiger partial charge in [-0.05, 0) is 51.9 Å². The van der Waals surface area contributed by atoms with Gasteiger partial charge in [-0.2, -0.15) is 0 Å². The van der Waals surface area contributed by atoms with Crippen LogP contribution in [0.3, 0.4) is 0 Å². The summed E-state index contributed by atoms with van der Waals surface area (Å²) in [5.41, 5.74) is 2.39. The molecule has 1 aliphatic carbocycles. The number of nitrogens with one attached hydrogen (secondary N) is 1. The SMILES string of the molecule is CSc1nc(C)c(-c2nc3cnccc3s2)c(N[C@@H]2C[C@H](CS(C)(=O)=O)C[C@H]2OC(C)(C)O)n1. The molecule has 3 aromatic rings. The second-order valence-electron chi connectivity index (χ2n) is 9.17. The van der Waals surface area contributed by atoms with Gasteiger partial charge >= 0.3 is 0 Å². The molecule has 1 saturated carbocycles. The molecule has 0 radical (unpaired) electrons. The van der Waals surface area contributed by atoms with Crippen LogP contribution in [-0.4, -0.2) is 69.7 Å². The fourth-order valence-electron chi connectivity index (χ4n) is 4.38. The van der Waals surface area contributed by atoms with Gasteiger partial charge in [-0.1, -0.05) is 11.8 Å². The highest BCUT2D eigenvalue weighted by Crippen LogP contribution is 2.39. The van der Waals surface area contributed by atoms with E-state index in [4.69, 9.17) is 14.7 Å². The Morgan fingerprint density at radius 2 is 2.06 bits per heavy atom. The first-order valence-corrected chi connectivity index (χ1v) is 15.0. The van der Waals surface area contributed by atoms with E-state index in [1.807, 2.05) is 19.2 Å². The highest BCUT2D eigenvalue weighted by Gasteiger charge is 2.39. The topological polar surface area (TPSA) is 127 Å². The van der Waals surface area contributed by atoms with Crippen LogP contribution in [0, 0.1) is 12.8 Å². The molecule has 1 aliphatic rings. The highest BCUT2D eigenvalue weighted by molar-refractivity contribution is 7.98. The van der Waals surface area contributed by atoms with Gasteiger partial charge in [-0.3, -0.25) is 4.98 Å². The van der Waals surface area contributed by atoms with E-state index in [0.717, 1.165) is 26.5 Å². The number of aliphatic hydroxyl groups is 1. The molecule has 3 heterocycles. The first-order chi connectivity index (χ1) is 15.9. The van der Waals surface area contributed by atoms with Crippen molar-refractivity contribution in [1.82, 2.24) is 19.9 Å². The van der Waals surface area contributed by atoms with Crippen molar-refractivity contribution in [3.8, 4) is 10.6 Å². The van der Waals surface area contributed by atoms with E-state index in [-0.39, 0.29) is 23.8 Å². The first kappa shape index (κ1) is 25.2. The van der Waals surface area contributed by atoms with Gasteiger partial charge in [0.25, 0.3) is 0 Å². The molecule has 34 heavy (non-hydrogen) atoms. The Hall–Kier alpha value is -1.86. The summed E-state index contributed by atoms with van der Waals surface area (Å²) >= 11 is 2.98. The molecule has 0 amide bonds. The molecule has 0 spiro atoms. The molecule has 1 fully saturated rings. The van der Waals surface area contributed by atoms with Crippen LogP contribution in [0.2, 0.25) is 0 Å². The largest absolute Gasteiger partial charge is 0.366 e. The number of thiazole rings is 1. The fraction of sp³-hybridized carbons (Fsp3) is 0.545. The summed E-state index contributed by atoms with van der Waals surface area (Å²) < 4.78 is 30.9. The van der Waals surface area contributed by atoms with Crippen LogP contribution in [0.25, 0.3) is 20.8 Å². The summed E-state index contributed by atoms with van der Waals surface area (Å²) in [7, 11) is -3.14. The number of pyridine rings is 1. The van der Waals surface area contributed by atoms with Crippen LogP contribution in [0.1, 0.15) is 32.4 Å². The molecule has 2 N–H and O–H groups in total. The van der Waals surface area contributed by atoms with Crippen molar-refractivity contribution in [2.45, 2.75) is 56.7 Å². The molecular weight excluding hydrogens is 494 g/mol. The van der Waals surface area contributed by atoms with Gasteiger partial charge in [0.15, 0.2) is 10.9 Å². The zero-order valence-electron chi connectivity index (χ0n) is 19.8. The summed E-state index contributed by atoms with van der Waals surface area (Å²) in [6, 6.07) is 1.69. The zero-order valence-corrected chi connectivity index (χ0v) is 22.2. The number of ether oxygens (including phenoxy) is 1. The molecule has 0 aliphatic heterocycles. The number of sulfone groups is 1.